The first kappa shape index (κ1) is 49.4. The number of hydrogen-bond acceptors (Lipinski definition) is 18. The van der Waals surface area contributed by atoms with E-state index in [1.165, 1.54) is 19.1 Å². The van der Waals surface area contributed by atoms with Crippen molar-refractivity contribution in [1.82, 2.24) is 15.0 Å². The molecule has 0 bridgehead atoms. The number of benzene rings is 4. The number of hydrogen-bond donors (Lipinski definition) is 3. The molecule has 3 N–H and O–H groups in total. The number of aromatic nitrogens is 3. The molecule has 0 aliphatic rings. The minimum absolute atomic E-state index is 0. The second-order valence-corrected chi connectivity index (χ2v) is 14.6. The molecule has 0 radical (unpaired) electrons. The smallest absolute Gasteiger partial charge is 0.744 e. The molecule has 0 amide bonds. The molecule has 0 saturated heterocycles. The molecule has 0 unspecified atom stereocenters. The van der Waals surface area contributed by atoms with E-state index in [1.54, 1.807) is 0 Å². The quantitative estimate of drug-likeness (QED) is 0.0497. The average Bonchev–Trinajstić information content (AvgIpc) is 3.03. The van der Waals surface area contributed by atoms with E-state index in [0.29, 0.717) is 29.8 Å². The maximum absolute atomic E-state index is 13.6. The van der Waals surface area contributed by atoms with E-state index in [4.69, 9.17) is 4.74 Å². The molecule has 1 heterocycles. The second-order valence-electron chi connectivity index (χ2n) is 10.5. The van der Waals surface area contributed by atoms with Crippen molar-refractivity contribution in [3.8, 4) is 11.8 Å². The number of rotatable bonds is 11. The molecule has 5 rings (SSSR count). The number of nitrogens with zero attached hydrogens (tertiary/aromatic N) is 5. The summed E-state index contributed by atoms with van der Waals surface area (Å²) in [6.07, 6.45) is -4.10. The molecular weight excluding hydrogens is 845 g/mol. The van der Waals surface area contributed by atoms with E-state index in [1.807, 2.05) is 0 Å². The van der Waals surface area contributed by atoms with Gasteiger partial charge in [0.05, 0.1) is 43.6 Å². The largest absolute Gasteiger partial charge is 1.00 e. The maximum atomic E-state index is 13.6. The van der Waals surface area contributed by atoms with Gasteiger partial charge in [0.15, 0.2) is 5.75 Å². The Hall–Kier alpha value is -2.79. The molecule has 0 spiro atoms. The SMILES string of the molecule is C=COc1nc(Nc2ccc(C)cc2S(=O)(=O)[O-])nc(Nc2cc(S(=O)(=O)[O-])cc3cc(S(=O)(=O)[O-])c(N=Nc4ccccc4C(F)(F)F)c(O)c23)n1.[Na+].[Na+].[Na+]. The van der Waals surface area contributed by atoms with Crippen molar-refractivity contribution in [3.05, 3.63) is 84.6 Å². The Labute approximate surface area is 382 Å². The first-order chi connectivity index (χ1) is 24.6. The molecule has 4 aromatic carbocycles. The van der Waals surface area contributed by atoms with E-state index < -0.39 is 108 Å². The minimum Gasteiger partial charge on any atom is -0.744 e. The molecule has 0 aliphatic carbocycles. The van der Waals surface area contributed by atoms with E-state index >= 15 is 0 Å². The molecule has 27 heteroatoms. The molecule has 278 valence electrons. The maximum Gasteiger partial charge on any atom is 1.00 e. The third-order valence-corrected chi connectivity index (χ3v) is 9.39. The number of ether oxygens (including phenoxy) is 1. The van der Waals surface area contributed by atoms with Crippen molar-refractivity contribution >= 4 is 75.8 Å². The summed E-state index contributed by atoms with van der Waals surface area (Å²) in [5.41, 5.74) is -3.84. The summed E-state index contributed by atoms with van der Waals surface area (Å²) >= 11 is 0. The van der Waals surface area contributed by atoms with Gasteiger partial charge >= 0.3 is 101 Å². The summed E-state index contributed by atoms with van der Waals surface area (Å²) in [5, 5.41) is 22.0. The van der Waals surface area contributed by atoms with Crippen molar-refractivity contribution in [1.29, 1.82) is 0 Å². The van der Waals surface area contributed by atoms with Gasteiger partial charge in [-0.15, -0.1) is 10.2 Å². The number of anilines is 4. The fourth-order valence-corrected chi connectivity index (χ4v) is 6.57. The van der Waals surface area contributed by atoms with Crippen LogP contribution in [-0.2, 0) is 36.5 Å². The molecule has 0 atom stereocenters. The molecule has 18 nitrogen and oxygen atoms in total. The zero-order valence-corrected chi connectivity index (χ0v) is 37.6. The van der Waals surface area contributed by atoms with E-state index in [9.17, 15) is 57.2 Å². The number of phenols is 1. The summed E-state index contributed by atoms with van der Waals surface area (Å²) in [6.45, 7) is 4.86. The van der Waals surface area contributed by atoms with Gasteiger partial charge in [-0.1, -0.05) is 24.8 Å². The summed E-state index contributed by atoms with van der Waals surface area (Å²) in [7, 11) is -16.1. The Kier molecular flexibility index (Phi) is 16.6. The zero-order chi connectivity index (χ0) is 39.1. The van der Waals surface area contributed by atoms with Crippen LogP contribution < -0.4 is 104 Å². The Morgan fingerprint density at radius 1 is 0.786 bits per heavy atom. The van der Waals surface area contributed by atoms with Gasteiger partial charge in [0, 0.05) is 5.39 Å². The van der Waals surface area contributed by atoms with Crippen molar-refractivity contribution in [2.24, 2.45) is 10.2 Å². The topological polar surface area (TPSA) is 289 Å². The Bertz CT molecular complexity index is 2690. The van der Waals surface area contributed by atoms with Gasteiger partial charge in [-0.3, -0.25) is 0 Å². The fourth-order valence-electron chi connectivity index (χ4n) is 4.67. The van der Waals surface area contributed by atoms with Gasteiger partial charge in [0.2, 0.25) is 11.9 Å². The number of nitrogens with one attached hydrogen (secondary N) is 2. The third kappa shape index (κ3) is 11.7. The number of aryl methyl sites for hydroxylation is 1. The fraction of sp³-hybridized carbons (Fsp3) is 0.0690. The Morgan fingerprint density at radius 2 is 1.38 bits per heavy atom. The molecule has 56 heavy (non-hydrogen) atoms. The number of alkyl halides is 3. The standard InChI is InChI=1S/C29H22F3N7O11S3.3Na/c1-3-50-28-36-26(33-19-9-8-14(2)10-21(19)52(44,45)46)35-27(37-28)34-20-13-16(51(41,42)43)11-15-12-22(53(47,48)49)24(25(40)23(15)20)39-38-18-7-5-4-6-17(18)29(30,31)32;;;/h3-13,40H,1H2,2H3,(H,41,42,43)(H,44,45,46)(H,47,48,49)(H2,33,34,35,36,37);;;/q;3*+1/p-3. The molecule has 0 aliphatic heterocycles. The zero-order valence-electron chi connectivity index (χ0n) is 29.2. The number of azo groups is 1. The molecule has 1 aromatic heterocycles. The Balaban J connectivity index is 0.00000361. The molecule has 5 aromatic rings. The van der Waals surface area contributed by atoms with Gasteiger partial charge in [-0.2, -0.15) is 28.1 Å². The monoisotopic (exact) mass is 863 g/mol. The van der Waals surface area contributed by atoms with Crippen LogP contribution in [0.4, 0.5) is 47.8 Å². The van der Waals surface area contributed by atoms with Crippen LogP contribution in [-0.4, -0.2) is 59.0 Å². The van der Waals surface area contributed by atoms with Crippen LogP contribution in [0.2, 0.25) is 0 Å². The Morgan fingerprint density at radius 3 is 1.93 bits per heavy atom. The van der Waals surface area contributed by atoms with Crippen molar-refractivity contribution in [3.63, 3.8) is 0 Å². The summed E-state index contributed by atoms with van der Waals surface area (Å²) in [6, 6.07) is 8.53. The van der Waals surface area contributed by atoms with Gasteiger partial charge in [-0.05, 0) is 60.3 Å². The predicted molar refractivity (Wildman–Crippen MR) is 174 cm³/mol. The first-order valence-electron chi connectivity index (χ1n) is 14.0. The summed E-state index contributed by atoms with van der Waals surface area (Å²) in [5.74, 6) is -2.36. The van der Waals surface area contributed by atoms with Gasteiger partial charge in [0.25, 0.3) is 0 Å². The van der Waals surface area contributed by atoms with Gasteiger partial charge in [-0.25, -0.2) is 25.3 Å². The van der Waals surface area contributed by atoms with Gasteiger partial charge in [0.1, 0.15) is 36.0 Å². The van der Waals surface area contributed by atoms with Crippen molar-refractivity contribution < 1.29 is 151 Å². The number of aromatic hydroxyl groups is 1. The van der Waals surface area contributed by atoms with Gasteiger partial charge < -0.3 is 34.1 Å². The van der Waals surface area contributed by atoms with E-state index in [2.05, 4.69) is 42.4 Å². The summed E-state index contributed by atoms with van der Waals surface area (Å²) < 4.78 is 155. The average molecular weight is 864 g/mol. The van der Waals surface area contributed by atoms with Crippen molar-refractivity contribution in [2.45, 2.75) is 27.8 Å². The van der Waals surface area contributed by atoms with Crippen LogP contribution in [0, 0.1) is 6.92 Å². The van der Waals surface area contributed by atoms with E-state index in [0.717, 1.165) is 30.5 Å². The summed E-state index contributed by atoms with van der Waals surface area (Å²) in [4.78, 5) is 8.71. The molecular formula is C29H19F3N7Na3O11S3. The number of halogens is 3. The number of phenolic OH excluding ortho intramolecular Hbond substituents is 1. The molecule has 0 fully saturated rings. The van der Waals surface area contributed by atoms with Crippen LogP contribution in [0.15, 0.2) is 98.4 Å². The van der Waals surface area contributed by atoms with Crippen LogP contribution in [0.25, 0.3) is 10.8 Å². The van der Waals surface area contributed by atoms with Crippen LogP contribution >= 0.6 is 0 Å². The first-order valence-corrected chi connectivity index (χ1v) is 18.3. The van der Waals surface area contributed by atoms with Crippen LogP contribution in [0.1, 0.15) is 11.1 Å². The second kappa shape index (κ2) is 18.9. The normalized spacial score (nSPS) is 11.9. The number of fused-ring (bicyclic) bond motifs is 1. The van der Waals surface area contributed by atoms with E-state index in [-0.39, 0.29) is 94.4 Å². The van der Waals surface area contributed by atoms with Crippen LogP contribution in [0.5, 0.6) is 11.8 Å². The van der Waals surface area contributed by atoms with Crippen LogP contribution in [0.3, 0.4) is 0 Å². The minimum atomic E-state index is -5.64. The van der Waals surface area contributed by atoms with Crippen molar-refractivity contribution in [2.75, 3.05) is 10.6 Å². The third-order valence-electron chi connectivity index (χ3n) is 6.85. The molecule has 0 saturated carbocycles. The predicted octanol–water partition coefficient (Wildman–Crippen LogP) is -3.79.